The van der Waals surface area contributed by atoms with Crippen LogP contribution in [0.25, 0.3) is 0 Å². The Kier molecular flexibility index (Phi) is 4.34. The van der Waals surface area contributed by atoms with Crippen LogP contribution in [0.2, 0.25) is 0 Å². The van der Waals surface area contributed by atoms with Crippen molar-refractivity contribution in [2.75, 3.05) is 0 Å². The molecule has 7 heteroatoms. The smallest absolute Gasteiger partial charge is 0.264 e. The van der Waals surface area contributed by atoms with Crippen LogP contribution in [-0.2, 0) is 10.0 Å². The molecule has 0 aromatic heterocycles. The standard InChI is InChI=1S/C14H14N4O2S/c15-14(16)18-21(19,20)13-8-6-12(7-9-13)17-10-11-4-2-1-3-5-11/h1-10H,(H4,15,16,18)/b17-10+. The number of hydrogen-bond acceptors (Lipinski definition) is 4. The van der Waals surface area contributed by atoms with Gasteiger partial charge in [-0.3, -0.25) is 10.4 Å². The van der Waals surface area contributed by atoms with E-state index in [2.05, 4.69) is 4.99 Å². The van der Waals surface area contributed by atoms with Crippen molar-refractivity contribution in [2.24, 2.45) is 10.7 Å². The molecule has 0 unspecified atom stereocenters. The highest BCUT2D eigenvalue weighted by molar-refractivity contribution is 7.90. The second-order valence-electron chi connectivity index (χ2n) is 4.18. The molecule has 0 bridgehead atoms. The van der Waals surface area contributed by atoms with Crippen molar-refractivity contribution in [3.63, 3.8) is 0 Å². The van der Waals surface area contributed by atoms with Crippen LogP contribution in [0.15, 0.2) is 64.5 Å². The molecule has 0 aliphatic rings. The van der Waals surface area contributed by atoms with Crippen molar-refractivity contribution in [2.45, 2.75) is 4.90 Å². The minimum Gasteiger partial charge on any atom is -0.369 e. The fourth-order valence-electron chi connectivity index (χ4n) is 1.60. The number of nitrogens with one attached hydrogen (secondary N) is 2. The first-order chi connectivity index (χ1) is 9.97. The van der Waals surface area contributed by atoms with Gasteiger partial charge in [-0.2, -0.15) is 0 Å². The van der Waals surface area contributed by atoms with E-state index >= 15 is 0 Å². The molecule has 4 N–H and O–H groups in total. The number of nitrogens with zero attached hydrogens (tertiary/aromatic N) is 1. The maximum Gasteiger partial charge on any atom is 0.264 e. The maximum atomic E-state index is 11.8. The molecule has 2 aromatic rings. The lowest BCUT2D eigenvalue weighted by Gasteiger charge is -2.05. The van der Waals surface area contributed by atoms with Crippen LogP contribution in [0.5, 0.6) is 0 Å². The van der Waals surface area contributed by atoms with Gasteiger partial charge in [0, 0.05) is 6.21 Å². The minimum absolute atomic E-state index is 0.0244. The van der Waals surface area contributed by atoms with E-state index in [1.165, 1.54) is 12.1 Å². The number of aliphatic imine (C=N–C) groups is 1. The van der Waals surface area contributed by atoms with Gasteiger partial charge >= 0.3 is 0 Å². The normalized spacial score (nSPS) is 11.4. The number of rotatable bonds is 4. The van der Waals surface area contributed by atoms with Crippen molar-refractivity contribution in [1.82, 2.24) is 4.72 Å². The Bertz CT molecular complexity index is 753. The number of sulfonamides is 1. The second kappa shape index (κ2) is 6.19. The molecule has 0 radical (unpaired) electrons. The Morgan fingerprint density at radius 3 is 2.29 bits per heavy atom. The summed E-state index contributed by atoms with van der Waals surface area (Å²) >= 11 is 0. The van der Waals surface area contributed by atoms with Crippen molar-refractivity contribution in [3.8, 4) is 0 Å². The van der Waals surface area contributed by atoms with Gasteiger partial charge in [-0.15, -0.1) is 0 Å². The van der Waals surface area contributed by atoms with E-state index in [9.17, 15) is 8.42 Å². The van der Waals surface area contributed by atoms with Crippen LogP contribution in [0.3, 0.4) is 0 Å². The second-order valence-corrected chi connectivity index (χ2v) is 5.86. The highest BCUT2D eigenvalue weighted by Gasteiger charge is 2.13. The molecule has 2 aromatic carbocycles. The number of benzene rings is 2. The number of hydrogen-bond donors (Lipinski definition) is 3. The summed E-state index contributed by atoms with van der Waals surface area (Å²) in [5, 5.41) is 6.97. The van der Waals surface area contributed by atoms with E-state index in [0.717, 1.165) is 5.56 Å². The van der Waals surface area contributed by atoms with Gasteiger partial charge in [0.25, 0.3) is 10.0 Å². The lowest BCUT2D eigenvalue weighted by atomic mass is 10.2. The molecule has 0 saturated heterocycles. The van der Waals surface area contributed by atoms with Crippen LogP contribution in [0.4, 0.5) is 5.69 Å². The largest absolute Gasteiger partial charge is 0.369 e. The summed E-state index contributed by atoms with van der Waals surface area (Å²) in [4.78, 5) is 4.28. The lowest BCUT2D eigenvalue weighted by molar-refractivity contribution is 0.592. The Balaban J connectivity index is 2.16. The molecule has 0 heterocycles. The average molecular weight is 302 g/mol. The first-order valence-corrected chi connectivity index (χ1v) is 7.52. The molecule has 21 heavy (non-hydrogen) atoms. The molecule has 0 amide bonds. The van der Waals surface area contributed by atoms with E-state index in [1.807, 2.05) is 35.1 Å². The lowest BCUT2D eigenvalue weighted by Crippen LogP contribution is -2.35. The van der Waals surface area contributed by atoms with Gasteiger partial charge in [0.2, 0.25) is 0 Å². The van der Waals surface area contributed by atoms with Crippen LogP contribution < -0.4 is 10.5 Å². The highest BCUT2D eigenvalue weighted by atomic mass is 32.2. The predicted octanol–water partition coefficient (Wildman–Crippen LogP) is 1.61. The van der Waals surface area contributed by atoms with Gasteiger partial charge in [0.15, 0.2) is 5.96 Å². The predicted molar refractivity (Wildman–Crippen MR) is 82.4 cm³/mol. The summed E-state index contributed by atoms with van der Waals surface area (Å²) in [6.07, 6.45) is 1.69. The van der Waals surface area contributed by atoms with Gasteiger partial charge in [0.1, 0.15) is 0 Å². The Hall–Kier alpha value is -2.67. The van der Waals surface area contributed by atoms with Gasteiger partial charge in [-0.05, 0) is 29.8 Å². The Morgan fingerprint density at radius 1 is 1.10 bits per heavy atom. The molecule has 0 saturated carbocycles. The fourth-order valence-corrected chi connectivity index (χ4v) is 2.50. The van der Waals surface area contributed by atoms with Crippen molar-refractivity contribution >= 4 is 27.9 Å². The van der Waals surface area contributed by atoms with Gasteiger partial charge in [-0.25, -0.2) is 13.1 Å². The monoisotopic (exact) mass is 302 g/mol. The van der Waals surface area contributed by atoms with E-state index < -0.39 is 16.0 Å². The van der Waals surface area contributed by atoms with Crippen LogP contribution >= 0.6 is 0 Å². The van der Waals surface area contributed by atoms with Gasteiger partial charge < -0.3 is 5.73 Å². The van der Waals surface area contributed by atoms with Gasteiger partial charge in [-0.1, -0.05) is 30.3 Å². The van der Waals surface area contributed by atoms with Crippen LogP contribution in [0, 0.1) is 5.41 Å². The van der Waals surface area contributed by atoms with Crippen molar-refractivity contribution < 1.29 is 8.42 Å². The summed E-state index contributed by atoms with van der Waals surface area (Å²) in [5.41, 5.74) is 6.60. The maximum absolute atomic E-state index is 11.8. The number of nitrogens with two attached hydrogens (primary N) is 1. The van der Waals surface area contributed by atoms with E-state index in [0.29, 0.717) is 5.69 Å². The van der Waals surface area contributed by atoms with Gasteiger partial charge in [0.05, 0.1) is 10.6 Å². The third kappa shape index (κ3) is 4.15. The minimum atomic E-state index is -3.79. The Labute approximate surface area is 122 Å². The molecule has 0 atom stereocenters. The summed E-state index contributed by atoms with van der Waals surface area (Å²) in [7, 11) is -3.79. The zero-order chi connectivity index (χ0) is 15.3. The first kappa shape index (κ1) is 14.7. The molecule has 2 rings (SSSR count). The average Bonchev–Trinajstić information content (AvgIpc) is 2.45. The van der Waals surface area contributed by atoms with Crippen LogP contribution in [0.1, 0.15) is 5.56 Å². The quantitative estimate of drug-likeness (QED) is 0.589. The third-order valence-electron chi connectivity index (χ3n) is 2.55. The molecule has 0 spiro atoms. The summed E-state index contributed by atoms with van der Waals surface area (Å²) < 4.78 is 25.4. The molecule has 0 aliphatic heterocycles. The summed E-state index contributed by atoms with van der Waals surface area (Å²) in [6.45, 7) is 0. The molecular formula is C14H14N4O2S. The van der Waals surface area contributed by atoms with E-state index in [4.69, 9.17) is 11.1 Å². The van der Waals surface area contributed by atoms with E-state index in [1.54, 1.807) is 18.3 Å². The third-order valence-corrected chi connectivity index (χ3v) is 3.94. The van der Waals surface area contributed by atoms with Crippen molar-refractivity contribution in [3.05, 3.63) is 60.2 Å². The topological polar surface area (TPSA) is 108 Å². The molecule has 108 valence electrons. The van der Waals surface area contributed by atoms with Crippen LogP contribution in [-0.4, -0.2) is 20.6 Å². The Morgan fingerprint density at radius 2 is 1.71 bits per heavy atom. The molecule has 0 aliphatic carbocycles. The van der Waals surface area contributed by atoms with E-state index in [-0.39, 0.29) is 4.90 Å². The fraction of sp³-hybridized carbons (Fsp3) is 0. The zero-order valence-corrected chi connectivity index (χ0v) is 11.8. The highest BCUT2D eigenvalue weighted by Crippen LogP contribution is 2.16. The summed E-state index contributed by atoms with van der Waals surface area (Å²) in [5.74, 6) is -0.624. The summed E-state index contributed by atoms with van der Waals surface area (Å²) in [6, 6.07) is 15.5. The zero-order valence-electron chi connectivity index (χ0n) is 11.0. The first-order valence-electron chi connectivity index (χ1n) is 6.03. The molecule has 0 fully saturated rings. The SMILES string of the molecule is N=C(N)NS(=O)(=O)c1ccc(/N=C/c2ccccc2)cc1. The molecule has 6 nitrogen and oxygen atoms in total. The van der Waals surface area contributed by atoms with Crippen molar-refractivity contribution in [1.29, 1.82) is 5.41 Å². The number of guanidine groups is 1. The molecular weight excluding hydrogens is 288 g/mol.